The first kappa shape index (κ1) is 13.6. The number of benzene rings is 1. The Morgan fingerprint density at radius 1 is 1.11 bits per heavy atom. The zero-order valence-corrected chi connectivity index (χ0v) is 11.8. The van der Waals surface area contributed by atoms with E-state index in [-0.39, 0.29) is 6.04 Å². The van der Waals surface area contributed by atoms with Gasteiger partial charge in [-0.05, 0) is 55.2 Å². The van der Waals surface area contributed by atoms with Crippen molar-refractivity contribution in [3.8, 4) is 0 Å². The Morgan fingerprint density at radius 2 is 1.83 bits per heavy atom. The van der Waals surface area contributed by atoms with Crippen LogP contribution in [0, 0.1) is 5.92 Å². The first-order valence-corrected chi connectivity index (χ1v) is 7.16. The van der Waals surface area contributed by atoms with Gasteiger partial charge in [0.25, 0.3) is 0 Å². The molecule has 1 unspecified atom stereocenters. The third-order valence-electron chi connectivity index (χ3n) is 3.55. The third kappa shape index (κ3) is 3.56. The average molecular weight is 247 g/mol. The summed E-state index contributed by atoms with van der Waals surface area (Å²) in [6.07, 6.45) is 5.17. The van der Waals surface area contributed by atoms with Gasteiger partial charge in [0.2, 0.25) is 0 Å². The molecule has 100 valence electrons. The molecule has 0 amide bonds. The highest BCUT2D eigenvalue weighted by atomic mass is 16.6. The fourth-order valence-corrected chi connectivity index (χ4v) is 2.43. The molecular formula is C16H25NO. The number of hydrogen-bond donors (Lipinski definition) is 1. The molecular weight excluding hydrogens is 222 g/mol. The standard InChI is InChI=1S/C16H25NO/c1-12(2)11-18-17-13(3)15-9-8-14-6-4-5-7-16(14)10-15/h8-10,12-13,17H,4-7,11H2,1-3H3. The van der Waals surface area contributed by atoms with E-state index in [4.69, 9.17) is 4.84 Å². The summed E-state index contributed by atoms with van der Waals surface area (Å²) in [7, 11) is 0. The summed E-state index contributed by atoms with van der Waals surface area (Å²) in [5, 5.41) is 0. The Morgan fingerprint density at radius 3 is 2.56 bits per heavy atom. The van der Waals surface area contributed by atoms with Crippen LogP contribution in [-0.2, 0) is 17.7 Å². The summed E-state index contributed by atoms with van der Waals surface area (Å²) in [5.41, 5.74) is 7.55. The zero-order chi connectivity index (χ0) is 13.0. The van der Waals surface area contributed by atoms with Crippen molar-refractivity contribution in [3.63, 3.8) is 0 Å². The van der Waals surface area contributed by atoms with Crippen LogP contribution >= 0.6 is 0 Å². The molecule has 0 radical (unpaired) electrons. The fraction of sp³-hybridized carbons (Fsp3) is 0.625. The van der Waals surface area contributed by atoms with Crippen LogP contribution in [0.25, 0.3) is 0 Å². The van der Waals surface area contributed by atoms with Gasteiger partial charge < -0.3 is 4.84 Å². The van der Waals surface area contributed by atoms with Crippen molar-refractivity contribution < 1.29 is 4.84 Å². The Balaban J connectivity index is 1.95. The van der Waals surface area contributed by atoms with Crippen molar-refractivity contribution in [1.29, 1.82) is 0 Å². The lowest BCUT2D eigenvalue weighted by Gasteiger charge is -2.20. The predicted octanol–water partition coefficient (Wildman–Crippen LogP) is 3.80. The highest BCUT2D eigenvalue weighted by Crippen LogP contribution is 2.24. The second kappa shape index (κ2) is 6.35. The van der Waals surface area contributed by atoms with Gasteiger partial charge in [-0.15, -0.1) is 0 Å². The molecule has 0 bridgehead atoms. The van der Waals surface area contributed by atoms with E-state index in [0.717, 1.165) is 6.61 Å². The molecule has 2 rings (SSSR count). The molecule has 0 saturated carbocycles. The van der Waals surface area contributed by atoms with Crippen LogP contribution in [0.2, 0.25) is 0 Å². The van der Waals surface area contributed by atoms with Crippen LogP contribution in [0.4, 0.5) is 0 Å². The SMILES string of the molecule is CC(C)CONC(C)c1ccc2c(c1)CCCC2. The van der Waals surface area contributed by atoms with Crippen molar-refractivity contribution in [2.24, 2.45) is 5.92 Å². The van der Waals surface area contributed by atoms with Crippen LogP contribution < -0.4 is 5.48 Å². The molecule has 0 fully saturated rings. The van der Waals surface area contributed by atoms with Crippen LogP contribution in [0.15, 0.2) is 18.2 Å². The van der Waals surface area contributed by atoms with Crippen molar-refractivity contribution in [2.45, 2.75) is 52.5 Å². The van der Waals surface area contributed by atoms with Gasteiger partial charge in [-0.2, -0.15) is 5.48 Å². The van der Waals surface area contributed by atoms with E-state index in [0.29, 0.717) is 5.92 Å². The highest BCUT2D eigenvalue weighted by molar-refractivity contribution is 5.34. The average Bonchev–Trinajstić information content (AvgIpc) is 2.37. The molecule has 1 aliphatic rings. The van der Waals surface area contributed by atoms with E-state index in [1.54, 1.807) is 5.56 Å². The van der Waals surface area contributed by atoms with Gasteiger partial charge in [-0.25, -0.2) is 0 Å². The number of hydroxylamine groups is 1. The van der Waals surface area contributed by atoms with Crippen LogP contribution in [0.5, 0.6) is 0 Å². The van der Waals surface area contributed by atoms with Crippen LogP contribution in [-0.4, -0.2) is 6.61 Å². The monoisotopic (exact) mass is 247 g/mol. The summed E-state index contributed by atoms with van der Waals surface area (Å²) < 4.78 is 0. The van der Waals surface area contributed by atoms with Gasteiger partial charge in [0.05, 0.1) is 12.6 Å². The minimum absolute atomic E-state index is 0.260. The highest BCUT2D eigenvalue weighted by Gasteiger charge is 2.12. The zero-order valence-electron chi connectivity index (χ0n) is 11.8. The quantitative estimate of drug-likeness (QED) is 0.799. The van der Waals surface area contributed by atoms with Gasteiger partial charge >= 0.3 is 0 Å². The maximum Gasteiger partial charge on any atom is 0.0705 e. The second-order valence-corrected chi connectivity index (χ2v) is 5.78. The molecule has 0 aromatic heterocycles. The minimum Gasteiger partial charge on any atom is -0.301 e. The summed E-state index contributed by atoms with van der Waals surface area (Å²) in [6, 6.07) is 7.14. The maximum absolute atomic E-state index is 5.51. The van der Waals surface area contributed by atoms with E-state index < -0.39 is 0 Å². The van der Waals surface area contributed by atoms with E-state index >= 15 is 0 Å². The molecule has 18 heavy (non-hydrogen) atoms. The van der Waals surface area contributed by atoms with Crippen LogP contribution in [0.3, 0.4) is 0 Å². The van der Waals surface area contributed by atoms with Gasteiger partial charge in [-0.1, -0.05) is 32.0 Å². The van der Waals surface area contributed by atoms with Crippen molar-refractivity contribution in [3.05, 3.63) is 34.9 Å². The minimum atomic E-state index is 0.260. The molecule has 0 spiro atoms. The van der Waals surface area contributed by atoms with E-state index in [1.165, 1.54) is 36.8 Å². The Labute approximate surface area is 111 Å². The fourth-order valence-electron chi connectivity index (χ4n) is 2.43. The largest absolute Gasteiger partial charge is 0.301 e. The van der Waals surface area contributed by atoms with Crippen LogP contribution in [0.1, 0.15) is 56.3 Å². The lowest BCUT2D eigenvalue weighted by atomic mass is 9.89. The van der Waals surface area contributed by atoms with Gasteiger partial charge in [0.15, 0.2) is 0 Å². The first-order chi connectivity index (χ1) is 8.66. The molecule has 0 aliphatic heterocycles. The van der Waals surface area contributed by atoms with Crippen molar-refractivity contribution in [2.75, 3.05) is 6.61 Å². The van der Waals surface area contributed by atoms with E-state index in [1.807, 2.05) is 0 Å². The Hall–Kier alpha value is -0.860. The van der Waals surface area contributed by atoms with Crippen molar-refractivity contribution in [1.82, 2.24) is 5.48 Å². The molecule has 0 heterocycles. The molecule has 1 N–H and O–H groups in total. The summed E-state index contributed by atoms with van der Waals surface area (Å²) in [5.74, 6) is 0.563. The normalized spacial score (nSPS) is 16.7. The molecule has 1 atom stereocenters. The van der Waals surface area contributed by atoms with Crippen molar-refractivity contribution >= 4 is 0 Å². The van der Waals surface area contributed by atoms with E-state index in [2.05, 4.69) is 44.5 Å². The summed E-state index contributed by atoms with van der Waals surface area (Å²) in [6.45, 7) is 7.23. The molecule has 0 saturated heterocycles. The summed E-state index contributed by atoms with van der Waals surface area (Å²) in [4.78, 5) is 5.51. The molecule has 2 heteroatoms. The van der Waals surface area contributed by atoms with Gasteiger partial charge in [-0.3, -0.25) is 0 Å². The number of rotatable bonds is 5. The Bertz CT molecular complexity index is 387. The number of nitrogens with one attached hydrogen (secondary N) is 1. The number of fused-ring (bicyclic) bond motifs is 1. The third-order valence-corrected chi connectivity index (χ3v) is 3.55. The topological polar surface area (TPSA) is 21.3 Å². The van der Waals surface area contributed by atoms with Gasteiger partial charge in [0, 0.05) is 0 Å². The first-order valence-electron chi connectivity index (χ1n) is 7.16. The lowest BCUT2D eigenvalue weighted by molar-refractivity contribution is 0.00407. The lowest BCUT2D eigenvalue weighted by Crippen LogP contribution is -2.22. The smallest absolute Gasteiger partial charge is 0.0705 e. The molecule has 1 aliphatic carbocycles. The number of hydrogen-bond acceptors (Lipinski definition) is 2. The maximum atomic E-state index is 5.51. The predicted molar refractivity (Wildman–Crippen MR) is 75.4 cm³/mol. The molecule has 1 aromatic carbocycles. The summed E-state index contributed by atoms with van der Waals surface area (Å²) >= 11 is 0. The Kier molecular flexibility index (Phi) is 4.79. The van der Waals surface area contributed by atoms with E-state index in [9.17, 15) is 0 Å². The molecule has 2 nitrogen and oxygen atoms in total. The second-order valence-electron chi connectivity index (χ2n) is 5.78. The number of aryl methyl sites for hydroxylation is 2. The van der Waals surface area contributed by atoms with Gasteiger partial charge in [0.1, 0.15) is 0 Å². The molecule has 1 aromatic rings.